The fourth-order valence-corrected chi connectivity index (χ4v) is 3.42. The molecule has 1 heterocycles. The number of carbonyl (C=O) groups excluding carboxylic acids is 3. The molecule has 0 aliphatic carbocycles. The van der Waals surface area contributed by atoms with Gasteiger partial charge in [-0.25, -0.2) is 4.79 Å². The van der Waals surface area contributed by atoms with E-state index >= 15 is 0 Å². The van der Waals surface area contributed by atoms with Gasteiger partial charge >= 0.3 is 6.09 Å². The molecule has 1 aliphatic rings. The van der Waals surface area contributed by atoms with Crippen molar-refractivity contribution in [3.8, 4) is 0 Å². The van der Waals surface area contributed by atoms with Gasteiger partial charge in [-0.3, -0.25) is 9.59 Å². The van der Waals surface area contributed by atoms with Gasteiger partial charge in [0.1, 0.15) is 31.0 Å². The molecule has 1 aromatic rings. The van der Waals surface area contributed by atoms with Crippen molar-refractivity contribution in [1.82, 2.24) is 16.0 Å². The fraction of sp³-hybridized carbons (Fsp3) is 0.591. The van der Waals surface area contributed by atoms with Gasteiger partial charge in [-0.15, -0.1) is 0 Å². The average Bonchev–Trinajstić information content (AvgIpc) is 2.80. The highest BCUT2D eigenvalue weighted by Gasteiger charge is 2.45. The van der Waals surface area contributed by atoms with Gasteiger partial charge in [-0.05, 0) is 18.4 Å². The van der Waals surface area contributed by atoms with E-state index < -0.39 is 49.2 Å². The minimum Gasteiger partial charge on any atom is -0.445 e. The Kier molecular flexibility index (Phi) is 11.0. The summed E-state index contributed by atoms with van der Waals surface area (Å²) >= 11 is 0. The number of hydrogen-bond acceptors (Lipinski definition) is 8. The minimum atomic E-state index is -1.42. The van der Waals surface area contributed by atoms with E-state index in [1.165, 1.54) is 6.92 Å². The first-order valence-electron chi connectivity index (χ1n) is 10.9. The molecule has 1 aromatic carbocycles. The van der Waals surface area contributed by atoms with Gasteiger partial charge < -0.3 is 40.7 Å². The number of hydrogen-bond donors (Lipinski definition) is 6. The summed E-state index contributed by atoms with van der Waals surface area (Å²) in [5, 5.41) is 37.2. The molecule has 3 amide bonds. The van der Waals surface area contributed by atoms with E-state index in [9.17, 15) is 29.7 Å². The van der Waals surface area contributed by atoms with Crippen molar-refractivity contribution in [2.24, 2.45) is 0 Å². The van der Waals surface area contributed by atoms with Crippen LogP contribution in [0, 0.1) is 0 Å². The van der Waals surface area contributed by atoms with Crippen LogP contribution in [0.1, 0.15) is 38.2 Å². The normalized spacial score (nSPS) is 24.5. The first kappa shape index (κ1) is 26.5. The smallest absolute Gasteiger partial charge is 0.407 e. The average molecular weight is 468 g/mol. The Morgan fingerprint density at radius 2 is 1.76 bits per heavy atom. The molecule has 6 N–H and O–H groups in total. The van der Waals surface area contributed by atoms with Crippen LogP contribution >= 0.6 is 0 Å². The Bertz CT molecular complexity index is 763. The molecule has 0 aromatic heterocycles. The number of amides is 3. The standard InChI is InChI=1S/C22H33N3O8/c1-14(27)24-18-20(30)19(29)16(12-26)33-21(18)25-17(28)10-6-3-7-11-23-22(31)32-13-15-8-4-2-5-9-15/h2,4-5,8-9,16,18-21,26,29-30H,3,6-7,10-13H2,1H3,(H,23,31)(H,24,27)(H,25,28)/t16?,18-,19+,20+,21+/m0/s1. The number of nitrogens with one attached hydrogen (secondary N) is 3. The van der Waals surface area contributed by atoms with E-state index in [1.54, 1.807) is 0 Å². The molecule has 1 fully saturated rings. The molecule has 5 atom stereocenters. The van der Waals surface area contributed by atoms with Crippen LogP contribution in [-0.4, -0.2) is 77.0 Å². The zero-order chi connectivity index (χ0) is 24.2. The monoisotopic (exact) mass is 467 g/mol. The van der Waals surface area contributed by atoms with Gasteiger partial charge in [0.25, 0.3) is 0 Å². The topological polar surface area (TPSA) is 166 Å². The number of benzene rings is 1. The highest BCUT2D eigenvalue weighted by atomic mass is 16.5. The maximum Gasteiger partial charge on any atom is 0.407 e. The number of rotatable bonds is 11. The summed E-state index contributed by atoms with van der Waals surface area (Å²) in [6, 6.07) is 8.28. The third-order valence-electron chi connectivity index (χ3n) is 5.16. The molecule has 33 heavy (non-hydrogen) atoms. The van der Waals surface area contributed by atoms with Gasteiger partial charge in [-0.2, -0.15) is 0 Å². The fourth-order valence-electron chi connectivity index (χ4n) is 3.42. The predicted octanol–water partition coefficient (Wildman–Crippen LogP) is -0.467. The minimum absolute atomic E-state index is 0.160. The largest absolute Gasteiger partial charge is 0.445 e. The lowest BCUT2D eigenvalue weighted by atomic mass is 9.95. The maximum absolute atomic E-state index is 12.3. The third kappa shape index (κ3) is 8.97. The number of aliphatic hydroxyl groups is 3. The van der Waals surface area contributed by atoms with E-state index in [2.05, 4.69) is 16.0 Å². The van der Waals surface area contributed by atoms with Crippen molar-refractivity contribution in [3.63, 3.8) is 0 Å². The van der Waals surface area contributed by atoms with Crippen molar-refractivity contribution < 1.29 is 39.2 Å². The quantitative estimate of drug-likeness (QED) is 0.238. The Morgan fingerprint density at radius 1 is 1.03 bits per heavy atom. The van der Waals surface area contributed by atoms with Crippen LogP contribution in [0.3, 0.4) is 0 Å². The third-order valence-corrected chi connectivity index (χ3v) is 5.16. The van der Waals surface area contributed by atoms with E-state index in [4.69, 9.17) is 9.47 Å². The number of carbonyl (C=O) groups is 3. The van der Waals surface area contributed by atoms with Gasteiger partial charge in [0.2, 0.25) is 11.8 Å². The van der Waals surface area contributed by atoms with E-state index in [-0.39, 0.29) is 18.9 Å². The van der Waals surface area contributed by atoms with Crippen molar-refractivity contribution >= 4 is 17.9 Å². The van der Waals surface area contributed by atoms with E-state index in [1.807, 2.05) is 30.3 Å². The summed E-state index contributed by atoms with van der Waals surface area (Å²) in [7, 11) is 0. The van der Waals surface area contributed by atoms with Crippen LogP contribution in [0.5, 0.6) is 0 Å². The van der Waals surface area contributed by atoms with Crippen molar-refractivity contribution in [2.45, 2.75) is 69.8 Å². The second-order valence-corrected chi connectivity index (χ2v) is 7.85. The molecule has 11 nitrogen and oxygen atoms in total. The van der Waals surface area contributed by atoms with Crippen LogP contribution in [0.15, 0.2) is 30.3 Å². The summed E-state index contributed by atoms with van der Waals surface area (Å²) in [6.07, 6.45) is -3.50. The van der Waals surface area contributed by atoms with Crippen LogP contribution in [0.2, 0.25) is 0 Å². The van der Waals surface area contributed by atoms with Gasteiger partial charge in [0, 0.05) is 19.9 Å². The van der Waals surface area contributed by atoms with Gasteiger partial charge in [0.05, 0.1) is 6.61 Å². The van der Waals surface area contributed by atoms with E-state index in [0.29, 0.717) is 25.8 Å². The first-order chi connectivity index (χ1) is 15.8. The van der Waals surface area contributed by atoms with Crippen LogP contribution in [-0.2, 0) is 25.7 Å². The molecule has 184 valence electrons. The molecule has 1 saturated heterocycles. The molecule has 11 heteroatoms. The summed E-state index contributed by atoms with van der Waals surface area (Å²) < 4.78 is 10.6. The van der Waals surface area contributed by atoms with Crippen LogP contribution < -0.4 is 16.0 Å². The lowest BCUT2D eigenvalue weighted by Crippen LogP contribution is -2.68. The summed E-state index contributed by atoms with van der Waals surface area (Å²) in [5.41, 5.74) is 0.897. The van der Waals surface area contributed by atoms with Crippen molar-refractivity contribution in [3.05, 3.63) is 35.9 Å². The highest BCUT2D eigenvalue weighted by Crippen LogP contribution is 2.20. The summed E-state index contributed by atoms with van der Waals surface area (Å²) in [6.45, 7) is 1.28. The molecule has 0 saturated carbocycles. The number of ether oxygens (including phenoxy) is 2. The molecule has 1 unspecified atom stereocenters. The molecule has 0 radical (unpaired) electrons. The SMILES string of the molecule is CC(=O)N[C@H]1[C@@H](O)[C@H](O)C(CO)O[C@H]1NC(=O)CCCCCNC(=O)OCc1ccccc1. The summed E-state index contributed by atoms with van der Waals surface area (Å²) in [4.78, 5) is 35.4. The van der Waals surface area contributed by atoms with Crippen molar-refractivity contribution in [1.29, 1.82) is 0 Å². The van der Waals surface area contributed by atoms with Gasteiger partial charge in [-0.1, -0.05) is 36.8 Å². The lowest BCUT2D eigenvalue weighted by Gasteiger charge is -2.42. The molecular formula is C22H33N3O8. The lowest BCUT2D eigenvalue weighted by molar-refractivity contribution is -0.203. The first-order valence-corrected chi connectivity index (χ1v) is 10.9. The second-order valence-electron chi connectivity index (χ2n) is 7.85. The molecular weight excluding hydrogens is 434 g/mol. The zero-order valence-corrected chi connectivity index (χ0v) is 18.6. The van der Waals surface area contributed by atoms with Crippen LogP contribution in [0.4, 0.5) is 4.79 Å². The highest BCUT2D eigenvalue weighted by molar-refractivity contribution is 5.76. The molecule has 0 spiro atoms. The Hall–Kier alpha value is -2.73. The second kappa shape index (κ2) is 13.7. The maximum atomic E-state index is 12.3. The zero-order valence-electron chi connectivity index (χ0n) is 18.6. The summed E-state index contributed by atoms with van der Waals surface area (Å²) in [5.74, 6) is -0.836. The Balaban J connectivity index is 1.65. The number of alkyl carbamates (subject to hydrolysis) is 1. The number of unbranched alkanes of at least 4 members (excludes halogenated alkanes) is 2. The van der Waals surface area contributed by atoms with Crippen LogP contribution in [0.25, 0.3) is 0 Å². The Morgan fingerprint density at radius 3 is 2.42 bits per heavy atom. The van der Waals surface area contributed by atoms with E-state index in [0.717, 1.165) is 5.56 Å². The van der Waals surface area contributed by atoms with Crippen molar-refractivity contribution in [2.75, 3.05) is 13.2 Å². The number of aliphatic hydroxyl groups excluding tert-OH is 3. The Labute approximate surface area is 192 Å². The van der Waals surface area contributed by atoms with Gasteiger partial charge in [0.15, 0.2) is 6.23 Å². The predicted molar refractivity (Wildman–Crippen MR) is 117 cm³/mol. The molecule has 0 bridgehead atoms. The molecule has 2 rings (SSSR count). The molecule has 1 aliphatic heterocycles.